The van der Waals surface area contributed by atoms with E-state index >= 15 is 0 Å². The van der Waals surface area contributed by atoms with Gasteiger partial charge in [-0.2, -0.15) is 0 Å². The zero-order valence-corrected chi connectivity index (χ0v) is 16.2. The zero-order chi connectivity index (χ0) is 20.2. The number of imidazole rings is 1. The lowest BCUT2D eigenvalue weighted by Gasteiger charge is -2.11. The number of esters is 1. The number of fused-ring (bicyclic) bond motifs is 1. The molecule has 1 heterocycles. The van der Waals surface area contributed by atoms with Crippen LogP contribution < -0.4 is 10.1 Å². The minimum Gasteiger partial charge on any atom is -0.497 e. The fraction of sp³-hybridized carbons (Fsp3) is 0.318. The van der Waals surface area contributed by atoms with Gasteiger partial charge in [0, 0.05) is 11.6 Å². The number of ether oxygens (including phenoxy) is 2. The van der Waals surface area contributed by atoms with Crippen LogP contribution in [-0.4, -0.2) is 41.6 Å². The molecule has 1 saturated carbocycles. The van der Waals surface area contributed by atoms with Crippen molar-refractivity contribution in [2.45, 2.75) is 31.7 Å². The molecule has 1 aliphatic rings. The SMILES string of the molecule is COc1ccc(-c2nc3ccc(C(=O)OCC(=O)NC4CCCC4)cc3[nH]2)cc1. The van der Waals surface area contributed by atoms with E-state index in [1.807, 2.05) is 24.3 Å². The fourth-order valence-electron chi connectivity index (χ4n) is 3.58. The lowest BCUT2D eigenvalue weighted by molar-refractivity contribution is -0.124. The first-order valence-corrected chi connectivity index (χ1v) is 9.73. The Labute approximate surface area is 168 Å². The van der Waals surface area contributed by atoms with Gasteiger partial charge in [-0.25, -0.2) is 9.78 Å². The van der Waals surface area contributed by atoms with Gasteiger partial charge in [-0.1, -0.05) is 12.8 Å². The number of methoxy groups -OCH3 is 1. The molecular formula is C22H23N3O4. The molecule has 0 bridgehead atoms. The number of rotatable bonds is 6. The normalized spacial score (nSPS) is 14.1. The Hall–Kier alpha value is -3.35. The van der Waals surface area contributed by atoms with E-state index in [1.54, 1.807) is 25.3 Å². The summed E-state index contributed by atoms with van der Waals surface area (Å²) in [5.41, 5.74) is 2.75. The molecule has 0 radical (unpaired) electrons. The number of aromatic amines is 1. The zero-order valence-electron chi connectivity index (χ0n) is 16.2. The number of nitrogens with zero attached hydrogens (tertiary/aromatic N) is 1. The molecule has 0 spiro atoms. The second-order valence-corrected chi connectivity index (χ2v) is 7.17. The maximum Gasteiger partial charge on any atom is 0.338 e. The van der Waals surface area contributed by atoms with Crippen molar-refractivity contribution >= 4 is 22.9 Å². The van der Waals surface area contributed by atoms with Crippen molar-refractivity contribution in [3.05, 3.63) is 48.0 Å². The lowest BCUT2D eigenvalue weighted by Crippen LogP contribution is -2.35. The van der Waals surface area contributed by atoms with Crippen molar-refractivity contribution in [3.63, 3.8) is 0 Å². The van der Waals surface area contributed by atoms with E-state index < -0.39 is 5.97 Å². The molecule has 150 valence electrons. The molecule has 29 heavy (non-hydrogen) atoms. The third kappa shape index (κ3) is 4.39. The summed E-state index contributed by atoms with van der Waals surface area (Å²) >= 11 is 0. The molecule has 1 aromatic heterocycles. The molecule has 7 heteroatoms. The monoisotopic (exact) mass is 393 g/mol. The topological polar surface area (TPSA) is 93.3 Å². The van der Waals surface area contributed by atoms with E-state index in [0.717, 1.165) is 48.0 Å². The smallest absolute Gasteiger partial charge is 0.338 e. The molecule has 4 rings (SSSR count). The Kier molecular flexibility index (Phi) is 5.46. The first-order chi connectivity index (χ1) is 14.1. The van der Waals surface area contributed by atoms with E-state index in [4.69, 9.17) is 9.47 Å². The van der Waals surface area contributed by atoms with Gasteiger partial charge >= 0.3 is 5.97 Å². The molecule has 0 atom stereocenters. The first-order valence-electron chi connectivity index (χ1n) is 9.73. The largest absolute Gasteiger partial charge is 0.497 e. The lowest BCUT2D eigenvalue weighted by atomic mass is 10.2. The van der Waals surface area contributed by atoms with Crippen LogP contribution in [0.3, 0.4) is 0 Å². The van der Waals surface area contributed by atoms with Gasteiger partial charge in [0.25, 0.3) is 5.91 Å². The first kappa shape index (κ1) is 19.0. The minimum absolute atomic E-state index is 0.207. The van der Waals surface area contributed by atoms with E-state index in [0.29, 0.717) is 11.4 Å². The van der Waals surface area contributed by atoms with E-state index in [2.05, 4.69) is 15.3 Å². The van der Waals surface area contributed by atoms with Crippen LogP contribution in [0.25, 0.3) is 22.4 Å². The van der Waals surface area contributed by atoms with Crippen molar-refractivity contribution in [1.82, 2.24) is 15.3 Å². The van der Waals surface area contributed by atoms with Crippen LogP contribution >= 0.6 is 0 Å². The highest BCUT2D eigenvalue weighted by atomic mass is 16.5. The molecule has 1 amide bonds. The average molecular weight is 393 g/mol. The highest BCUT2D eigenvalue weighted by molar-refractivity contribution is 5.95. The van der Waals surface area contributed by atoms with E-state index in [9.17, 15) is 9.59 Å². The summed E-state index contributed by atoms with van der Waals surface area (Å²) in [4.78, 5) is 32.0. The van der Waals surface area contributed by atoms with Gasteiger partial charge in [0.2, 0.25) is 0 Å². The Morgan fingerprint density at radius 1 is 1.14 bits per heavy atom. The Bertz CT molecular complexity index is 1020. The molecule has 1 fully saturated rings. The number of hydrogen-bond acceptors (Lipinski definition) is 5. The van der Waals surface area contributed by atoms with Crippen LogP contribution in [-0.2, 0) is 9.53 Å². The summed E-state index contributed by atoms with van der Waals surface area (Å²) in [6, 6.07) is 12.9. The number of benzene rings is 2. The molecule has 0 aliphatic heterocycles. The molecule has 7 nitrogen and oxygen atoms in total. The van der Waals surface area contributed by atoms with Crippen LogP contribution in [0.15, 0.2) is 42.5 Å². The highest BCUT2D eigenvalue weighted by Crippen LogP contribution is 2.23. The molecule has 2 N–H and O–H groups in total. The van der Waals surface area contributed by atoms with Crippen molar-refractivity contribution in [1.29, 1.82) is 0 Å². The quantitative estimate of drug-likeness (QED) is 0.626. The second kappa shape index (κ2) is 8.34. The Balaban J connectivity index is 1.42. The maximum absolute atomic E-state index is 12.3. The second-order valence-electron chi connectivity index (χ2n) is 7.17. The third-order valence-electron chi connectivity index (χ3n) is 5.14. The Morgan fingerprint density at radius 2 is 1.90 bits per heavy atom. The standard InChI is InChI=1S/C22H23N3O4/c1-28-17-9-6-14(7-10-17)21-24-18-11-8-15(12-19(18)25-21)22(27)29-13-20(26)23-16-4-2-3-5-16/h6-12,16H,2-5,13H2,1H3,(H,23,26)(H,24,25). The van der Waals surface area contributed by atoms with Gasteiger partial charge in [0.1, 0.15) is 11.6 Å². The number of carbonyl (C=O) groups is 2. The number of aromatic nitrogens is 2. The fourth-order valence-corrected chi connectivity index (χ4v) is 3.58. The maximum atomic E-state index is 12.3. The van der Waals surface area contributed by atoms with Gasteiger partial charge in [-0.15, -0.1) is 0 Å². The third-order valence-corrected chi connectivity index (χ3v) is 5.14. The Morgan fingerprint density at radius 3 is 2.62 bits per heavy atom. The summed E-state index contributed by atoms with van der Waals surface area (Å²) in [7, 11) is 1.62. The van der Waals surface area contributed by atoms with Gasteiger partial charge in [-0.05, 0) is 55.3 Å². The number of H-pyrrole nitrogens is 1. The van der Waals surface area contributed by atoms with E-state index in [1.165, 1.54) is 0 Å². The average Bonchev–Trinajstić information content (AvgIpc) is 3.41. The van der Waals surface area contributed by atoms with Crippen molar-refractivity contribution < 1.29 is 19.1 Å². The number of nitrogens with one attached hydrogen (secondary N) is 2. The van der Waals surface area contributed by atoms with Crippen LogP contribution in [0.2, 0.25) is 0 Å². The highest BCUT2D eigenvalue weighted by Gasteiger charge is 2.18. The molecule has 2 aromatic carbocycles. The summed E-state index contributed by atoms with van der Waals surface area (Å²) in [5.74, 6) is 0.680. The predicted molar refractivity (Wildman–Crippen MR) is 109 cm³/mol. The summed E-state index contributed by atoms with van der Waals surface area (Å²) in [6.45, 7) is -0.270. The molecular weight excluding hydrogens is 370 g/mol. The number of carbonyl (C=O) groups excluding carboxylic acids is 2. The van der Waals surface area contributed by atoms with Crippen molar-refractivity contribution in [2.24, 2.45) is 0 Å². The van der Waals surface area contributed by atoms with Crippen LogP contribution in [0.5, 0.6) is 5.75 Å². The van der Waals surface area contributed by atoms with E-state index in [-0.39, 0.29) is 18.6 Å². The molecule has 1 aliphatic carbocycles. The minimum atomic E-state index is -0.533. The van der Waals surface area contributed by atoms with Crippen molar-refractivity contribution in [2.75, 3.05) is 13.7 Å². The van der Waals surface area contributed by atoms with Gasteiger partial charge in [0.05, 0.1) is 23.7 Å². The van der Waals surface area contributed by atoms with Crippen LogP contribution in [0.1, 0.15) is 36.0 Å². The van der Waals surface area contributed by atoms with Crippen LogP contribution in [0, 0.1) is 0 Å². The summed E-state index contributed by atoms with van der Waals surface area (Å²) in [5, 5.41) is 2.90. The molecule has 0 unspecified atom stereocenters. The van der Waals surface area contributed by atoms with Gasteiger partial charge < -0.3 is 19.8 Å². The predicted octanol–water partition coefficient (Wildman–Crippen LogP) is 3.45. The van der Waals surface area contributed by atoms with Gasteiger partial charge in [0.15, 0.2) is 6.61 Å². The number of amides is 1. The van der Waals surface area contributed by atoms with Crippen molar-refractivity contribution in [3.8, 4) is 17.1 Å². The van der Waals surface area contributed by atoms with Crippen LogP contribution in [0.4, 0.5) is 0 Å². The molecule has 0 saturated heterocycles. The molecule has 3 aromatic rings. The van der Waals surface area contributed by atoms with Gasteiger partial charge in [-0.3, -0.25) is 4.79 Å². The number of hydrogen-bond donors (Lipinski definition) is 2. The summed E-state index contributed by atoms with van der Waals surface area (Å²) < 4.78 is 10.3. The summed E-state index contributed by atoms with van der Waals surface area (Å²) in [6.07, 6.45) is 4.25.